The van der Waals surface area contributed by atoms with Gasteiger partial charge in [0.15, 0.2) is 5.79 Å². The van der Waals surface area contributed by atoms with E-state index in [1.807, 2.05) is 26.8 Å². The smallest absolute Gasteiger partial charge is 0.330 e. The van der Waals surface area contributed by atoms with Gasteiger partial charge in [-0.15, -0.1) is 0 Å². The topological polar surface area (TPSA) is 65.0 Å². The molecule has 0 aromatic heterocycles. The minimum absolute atomic E-state index is 0.0722. The Balaban J connectivity index is 2.01. The van der Waals surface area contributed by atoms with Gasteiger partial charge in [-0.3, -0.25) is 0 Å². The summed E-state index contributed by atoms with van der Waals surface area (Å²) in [5.41, 5.74) is 2.12. The summed E-state index contributed by atoms with van der Waals surface area (Å²) in [7, 11) is 1.34. The van der Waals surface area contributed by atoms with Gasteiger partial charge in [0.25, 0.3) is 0 Å². The van der Waals surface area contributed by atoms with Gasteiger partial charge in [0.1, 0.15) is 0 Å². The van der Waals surface area contributed by atoms with Crippen molar-refractivity contribution in [1.82, 2.24) is 0 Å². The molecule has 2 saturated heterocycles. The average Bonchev–Trinajstić information content (AvgIpc) is 2.88. The molecule has 7 atom stereocenters. The van der Waals surface area contributed by atoms with Gasteiger partial charge < -0.3 is 19.3 Å². The molecule has 2 heterocycles. The largest absolute Gasteiger partial charge is 0.466 e. The molecular formula is C32H50O5. The highest BCUT2D eigenvalue weighted by atomic mass is 16.7. The molecule has 2 aliphatic heterocycles. The van der Waals surface area contributed by atoms with E-state index in [0.29, 0.717) is 11.8 Å². The normalized spacial score (nSPS) is 30.8. The quantitative estimate of drug-likeness (QED) is 0.169. The maximum Gasteiger partial charge on any atom is 0.330 e. The zero-order valence-electron chi connectivity index (χ0n) is 23.9. The highest BCUT2D eigenvalue weighted by Gasteiger charge is 2.46. The third kappa shape index (κ3) is 10.4. The number of rotatable bonds is 12. The molecule has 208 valence electrons. The number of carbonyl (C=O) groups excluding carboxylic acids is 1. The molecule has 37 heavy (non-hydrogen) atoms. The minimum Gasteiger partial charge on any atom is -0.466 e. The Morgan fingerprint density at radius 2 is 1.89 bits per heavy atom. The molecule has 0 amide bonds. The summed E-state index contributed by atoms with van der Waals surface area (Å²) < 4.78 is 18.1. The van der Waals surface area contributed by atoms with Crippen molar-refractivity contribution in [3.63, 3.8) is 0 Å². The Bertz CT molecular complexity index is 853. The molecule has 2 rings (SSSR count). The van der Waals surface area contributed by atoms with Crippen LogP contribution in [-0.4, -0.2) is 42.3 Å². The first kappa shape index (κ1) is 31.3. The summed E-state index contributed by atoms with van der Waals surface area (Å²) in [6.07, 6.45) is 21.2. The van der Waals surface area contributed by atoms with E-state index in [9.17, 15) is 9.90 Å². The van der Waals surface area contributed by atoms with E-state index in [1.165, 1.54) is 32.4 Å². The van der Waals surface area contributed by atoms with Crippen LogP contribution in [0.1, 0.15) is 86.0 Å². The predicted octanol–water partition coefficient (Wildman–Crippen LogP) is 7.23. The standard InChI is InChI=1S/C32H50O5/c1-8-9-10-27-20-22-32(37-30(27)16-11-23(2)3)21-19-26(6)29(36-32)17-13-24(4)12-15-28(33)25(5)14-18-31(34)35-7/h11-16,18,25-30,33H,2,8-10,17,19-22H2,1,3-7H3/b15-12+,16-11+,18-14+,24-13+/t25-,26-,27-,28-,29+,30-,32-/m0/s1. The van der Waals surface area contributed by atoms with Crippen LogP contribution in [-0.2, 0) is 19.0 Å². The summed E-state index contributed by atoms with van der Waals surface area (Å²) in [6.45, 7) is 14.5. The number of allylic oxidation sites excluding steroid dienone is 4. The van der Waals surface area contributed by atoms with Crippen molar-refractivity contribution in [2.24, 2.45) is 17.8 Å². The number of carbonyl (C=O) groups is 1. The van der Waals surface area contributed by atoms with Gasteiger partial charge in [-0.05, 0) is 51.4 Å². The second kappa shape index (κ2) is 15.5. The highest BCUT2D eigenvalue weighted by Crippen LogP contribution is 2.44. The lowest BCUT2D eigenvalue weighted by Gasteiger charge is -2.49. The summed E-state index contributed by atoms with van der Waals surface area (Å²) in [4.78, 5) is 11.3. The van der Waals surface area contributed by atoms with Crippen LogP contribution in [0.15, 0.2) is 60.3 Å². The number of hydrogen-bond donors (Lipinski definition) is 1. The van der Waals surface area contributed by atoms with Crippen LogP contribution in [0, 0.1) is 17.8 Å². The minimum atomic E-state index is -0.683. The Hall–Kier alpha value is -1.95. The lowest BCUT2D eigenvalue weighted by molar-refractivity contribution is -0.324. The first-order chi connectivity index (χ1) is 17.6. The van der Waals surface area contributed by atoms with Crippen LogP contribution < -0.4 is 0 Å². The average molecular weight is 515 g/mol. The molecule has 5 nitrogen and oxygen atoms in total. The molecule has 0 unspecified atom stereocenters. The summed E-state index contributed by atoms with van der Waals surface area (Å²) in [5.74, 6) is -0.125. The van der Waals surface area contributed by atoms with Gasteiger partial charge in [0, 0.05) is 24.8 Å². The third-order valence-electron chi connectivity index (χ3n) is 7.70. The Morgan fingerprint density at radius 3 is 2.57 bits per heavy atom. The van der Waals surface area contributed by atoms with Crippen LogP contribution >= 0.6 is 0 Å². The van der Waals surface area contributed by atoms with E-state index in [4.69, 9.17) is 9.47 Å². The zero-order chi connectivity index (χ0) is 27.4. The van der Waals surface area contributed by atoms with Crippen LogP contribution in [0.2, 0.25) is 0 Å². The summed E-state index contributed by atoms with van der Waals surface area (Å²) in [6, 6.07) is 0. The summed E-state index contributed by atoms with van der Waals surface area (Å²) >= 11 is 0. The number of aliphatic hydroxyl groups excluding tert-OH is 1. The lowest BCUT2D eigenvalue weighted by atomic mass is 9.81. The van der Waals surface area contributed by atoms with Gasteiger partial charge in [0.2, 0.25) is 0 Å². The van der Waals surface area contributed by atoms with Crippen LogP contribution in [0.5, 0.6) is 0 Å². The molecule has 0 saturated carbocycles. The van der Waals surface area contributed by atoms with E-state index >= 15 is 0 Å². The van der Waals surface area contributed by atoms with Gasteiger partial charge in [-0.25, -0.2) is 4.79 Å². The predicted molar refractivity (Wildman–Crippen MR) is 151 cm³/mol. The molecule has 5 heteroatoms. The first-order valence-electron chi connectivity index (χ1n) is 14.1. The Labute approximate surface area is 225 Å². The van der Waals surface area contributed by atoms with Crippen LogP contribution in [0.3, 0.4) is 0 Å². The van der Waals surface area contributed by atoms with Gasteiger partial charge in [0.05, 0.1) is 25.4 Å². The number of esters is 1. The number of aliphatic hydroxyl groups is 1. The molecule has 0 aromatic rings. The molecular weight excluding hydrogens is 464 g/mol. The van der Waals surface area contributed by atoms with E-state index < -0.39 is 17.9 Å². The monoisotopic (exact) mass is 514 g/mol. The molecule has 0 aromatic carbocycles. The fraction of sp³-hybridized carbons (Fsp3) is 0.656. The SMILES string of the molecule is C=C(C)/C=C/[C@@H]1O[C@]2(CC[C@@H]1CCCC)CC[C@H](C)[C@@H](C/C=C(C)/C=C/[C@H](O)[C@@H](C)/C=C/C(=O)OC)O2. The number of methoxy groups -OCH3 is 1. The van der Waals surface area contributed by atoms with Gasteiger partial charge in [-0.2, -0.15) is 0 Å². The Kier molecular flexibility index (Phi) is 13.1. The van der Waals surface area contributed by atoms with E-state index in [1.54, 1.807) is 12.2 Å². The van der Waals surface area contributed by atoms with Crippen LogP contribution in [0.25, 0.3) is 0 Å². The molecule has 2 aliphatic rings. The molecule has 1 N–H and O–H groups in total. The van der Waals surface area contributed by atoms with Crippen molar-refractivity contribution in [1.29, 1.82) is 0 Å². The van der Waals surface area contributed by atoms with Crippen molar-refractivity contribution in [3.8, 4) is 0 Å². The molecule has 1 spiro atoms. The molecule has 0 bridgehead atoms. The van der Waals surface area contributed by atoms with Crippen molar-refractivity contribution >= 4 is 5.97 Å². The van der Waals surface area contributed by atoms with E-state index in [2.05, 4.69) is 43.4 Å². The van der Waals surface area contributed by atoms with Gasteiger partial charge in [-0.1, -0.05) is 87.8 Å². The fourth-order valence-corrected chi connectivity index (χ4v) is 5.05. The number of unbranched alkanes of at least 4 members (excludes halogenated alkanes) is 1. The van der Waals surface area contributed by atoms with Gasteiger partial charge >= 0.3 is 5.97 Å². The van der Waals surface area contributed by atoms with Crippen molar-refractivity contribution < 1.29 is 24.1 Å². The molecule has 0 aliphatic carbocycles. The maximum absolute atomic E-state index is 11.3. The van der Waals surface area contributed by atoms with E-state index in [0.717, 1.165) is 43.3 Å². The van der Waals surface area contributed by atoms with Crippen LogP contribution in [0.4, 0.5) is 0 Å². The van der Waals surface area contributed by atoms with Crippen molar-refractivity contribution in [2.75, 3.05) is 7.11 Å². The van der Waals surface area contributed by atoms with Crippen molar-refractivity contribution in [3.05, 3.63) is 60.3 Å². The Morgan fingerprint density at radius 1 is 1.16 bits per heavy atom. The maximum atomic E-state index is 11.3. The number of hydrogen-bond acceptors (Lipinski definition) is 5. The first-order valence-corrected chi connectivity index (χ1v) is 14.1. The second-order valence-electron chi connectivity index (χ2n) is 11.1. The highest BCUT2D eigenvalue weighted by molar-refractivity contribution is 5.81. The fourth-order valence-electron chi connectivity index (χ4n) is 5.05. The molecule has 0 radical (unpaired) electrons. The number of ether oxygens (including phenoxy) is 3. The third-order valence-corrected chi connectivity index (χ3v) is 7.70. The lowest BCUT2D eigenvalue weighted by Crippen LogP contribution is -2.52. The summed E-state index contributed by atoms with van der Waals surface area (Å²) in [5, 5.41) is 10.4. The molecule has 2 fully saturated rings. The van der Waals surface area contributed by atoms with E-state index in [-0.39, 0.29) is 18.1 Å². The van der Waals surface area contributed by atoms with Crippen molar-refractivity contribution in [2.45, 2.75) is 110 Å². The zero-order valence-corrected chi connectivity index (χ0v) is 23.9. The second-order valence-corrected chi connectivity index (χ2v) is 11.1.